The number of halogens is 1. The lowest BCUT2D eigenvalue weighted by Crippen LogP contribution is -2.33. The molecule has 0 aliphatic rings. The lowest BCUT2D eigenvalue weighted by molar-refractivity contribution is -0.131. The van der Waals surface area contributed by atoms with Crippen LogP contribution in [0, 0.1) is 12.9 Å². The van der Waals surface area contributed by atoms with Gasteiger partial charge in [-0.2, -0.15) is 9.49 Å². The number of nitrogens with one attached hydrogen (secondary N) is 2. The molecule has 10 heteroatoms. The number of nitrogens with zero attached hydrogens (tertiary/aromatic N) is 4. The standard InChI is InChI=1S/C23H27FN6O3/c1-17-5-7-19(8-6-17)33-13-12-29(2)22(32)16-30-15-18(14-27-30)28-21(31)9-11-25-20-4-3-10-26-23(20)24/h3-8,10,14-15,25H,9,11-13,16H2,1-2H3,(H,28,31). The molecule has 0 fully saturated rings. The fourth-order valence-electron chi connectivity index (χ4n) is 2.89. The Morgan fingerprint density at radius 2 is 2.00 bits per heavy atom. The molecule has 3 aromatic rings. The van der Waals surface area contributed by atoms with Crippen LogP contribution in [0.3, 0.4) is 0 Å². The van der Waals surface area contributed by atoms with Crippen LogP contribution in [0.1, 0.15) is 12.0 Å². The fourth-order valence-corrected chi connectivity index (χ4v) is 2.89. The Hall–Kier alpha value is -3.95. The van der Waals surface area contributed by atoms with E-state index in [4.69, 9.17) is 4.74 Å². The molecule has 2 aromatic heterocycles. The molecule has 9 nitrogen and oxygen atoms in total. The van der Waals surface area contributed by atoms with Gasteiger partial charge >= 0.3 is 0 Å². The van der Waals surface area contributed by atoms with Crippen LogP contribution in [0.2, 0.25) is 0 Å². The van der Waals surface area contributed by atoms with E-state index < -0.39 is 5.95 Å². The van der Waals surface area contributed by atoms with Crippen molar-refractivity contribution in [3.8, 4) is 5.75 Å². The molecule has 2 heterocycles. The molecular weight excluding hydrogens is 427 g/mol. The summed E-state index contributed by atoms with van der Waals surface area (Å²) in [4.78, 5) is 29.6. The Morgan fingerprint density at radius 3 is 2.76 bits per heavy atom. The van der Waals surface area contributed by atoms with Crippen LogP contribution in [-0.2, 0) is 16.1 Å². The maximum atomic E-state index is 13.5. The van der Waals surface area contributed by atoms with E-state index in [9.17, 15) is 14.0 Å². The van der Waals surface area contributed by atoms with Crippen LogP contribution in [0.25, 0.3) is 0 Å². The third-order valence-corrected chi connectivity index (χ3v) is 4.78. The number of pyridine rings is 1. The van der Waals surface area contributed by atoms with Gasteiger partial charge in [0.2, 0.25) is 17.8 Å². The molecule has 0 atom stereocenters. The van der Waals surface area contributed by atoms with Crippen LogP contribution in [0.15, 0.2) is 55.0 Å². The van der Waals surface area contributed by atoms with Crippen molar-refractivity contribution in [2.24, 2.45) is 0 Å². The highest BCUT2D eigenvalue weighted by atomic mass is 19.1. The molecular formula is C23H27FN6O3. The number of carbonyl (C=O) groups excluding carboxylic acids is 2. The van der Waals surface area contributed by atoms with Gasteiger partial charge in [-0.25, -0.2) is 4.98 Å². The predicted octanol–water partition coefficient (Wildman–Crippen LogP) is 2.70. The third-order valence-electron chi connectivity index (χ3n) is 4.78. The van der Waals surface area contributed by atoms with Crippen LogP contribution in [0.4, 0.5) is 15.8 Å². The van der Waals surface area contributed by atoms with Crippen molar-refractivity contribution in [2.45, 2.75) is 19.9 Å². The Bertz CT molecular complexity index is 1070. The van der Waals surface area contributed by atoms with Crippen molar-refractivity contribution in [2.75, 3.05) is 37.4 Å². The number of hydrogen-bond donors (Lipinski definition) is 2. The highest BCUT2D eigenvalue weighted by Gasteiger charge is 2.12. The van der Waals surface area contributed by atoms with Crippen LogP contribution >= 0.6 is 0 Å². The second-order valence-electron chi connectivity index (χ2n) is 7.47. The number of rotatable bonds is 11. The average Bonchev–Trinajstić information content (AvgIpc) is 3.22. The zero-order chi connectivity index (χ0) is 23.6. The Labute approximate surface area is 191 Å². The lowest BCUT2D eigenvalue weighted by Gasteiger charge is -2.17. The van der Waals surface area contributed by atoms with Gasteiger partial charge in [-0.05, 0) is 31.2 Å². The third kappa shape index (κ3) is 7.60. The molecule has 33 heavy (non-hydrogen) atoms. The monoisotopic (exact) mass is 454 g/mol. The normalized spacial score (nSPS) is 10.5. The maximum Gasteiger partial charge on any atom is 0.244 e. The van der Waals surface area contributed by atoms with Gasteiger partial charge in [0.15, 0.2) is 0 Å². The lowest BCUT2D eigenvalue weighted by atomic mass is 10.2. The highest BCUT2D eigenvalue weighted by Crippen LogP contribution is 2.12. The number of hydrogen-bond acceptors (Lipinski definition) is 6. The average molecular weight is 455 g/mol. The van der Waals surface area contributed by atoms with Gasteiger partial charge in [0.05, 0.1) is 24.1 Å². The fraction of sp³-hybridized carbons (Fsp3) is 0.304. The van der Waals surface area contributed by atoms with Crippen molar-refractivity contribution in [1.82, 2.24) is 19.7 Å². The summed E-state index contributed by atoms with van der Waals surface area (Å²) in [5, 5.41) is 9.65. The van der Waals surface area contributed by atoms with E-state index >= 15 is 0 Å². The molecule has 3 rings (SSSR count). The topological polar surface area (TPSA) is 101 Å². The van der Waals surface area contributed by atoms with E-state index in [-0.39, 0.29) is 37.0 Å². The van der Waals surface area contributed by atoms with Gasteiger partial charge in [-0.3, -0.25) is 14.3 Å². The van der Waals surface area contributed by atoms with Gasteiger partial charge in [0.1, 0.15) is 18.9 Å². The Balaban J connectivity index is 1.37. The first kappa shape index (κ1) is 23.7. The number of carbonyl (C=O) groups is 2. The first-order valence-electron chi connectivity index (χ1n) is 10.5. The molecule has 2 N–H and O–H groups in total. The number of anilines is 2. The van der Waals surface area contributed by atoms with E-state index in [0.29, 0.717) is 18.8 Å². The molecule has 0 radical (unpaired) electrons. The largest absolute Gasteiger partial charge is 0.492 e. The van der Waals surface area contributed by atoms with Gasteiger partial charge in [-0.15, -0.1) is 0 Å². The van der Waals surface area contributed by atoms with Gasteiger partial charge in [0.25, 0.3) is 0 Å². The second kappa shape index (κ2) is 11.6. The molecule has 0 unspecified atom stereocenters. The van der Waals surface area contributed by atoms with E-state index in [2.05, 4.69) is 20.7 Å². The summed E-state index contributed by atoms with van der Waals surface area (Å²) in [6, 6.07) is 10.9. The van der Waals surface area contributed by atoms with Crippen LogP contribution < -0.4 is 15.4 Å². The minimum Gasteiger partial charge on any atom is -0.492 e. The van der Waals surface area contributed by atoms with Crippen molar-refractivity contribution in [3.63, 3.8) is 0 Å². The van der Waals surface area contributed by atoms with Crippen molar-refractivity contribution in [3.05, 3.63) is 66.5 Å². The maximum absolute atomic E-state index is 13.5. The summed E-state index contributed by atoms with van der Waals surface area (Å²) in [5.74, 6) is -0.251. The summed E-state index contributed by atoms with van der Waals surface area (Å²) >= 11 is 0. The summed E-state index contributed by atoms with van der Waals surface area (Å²) in [6.45, 7) is 3.10. The SMILES string of the molecule is Cc1ccc(OCCN(C)C(=O)Cn2cc(NC(=O)CCNc3cccnc3F)cn2)cc1. The molecule has 0 saturated carbocycles. The van der Waals surface area contributed by atoms with Crippen LogP contribution in [-0.4, -0.2) is 58.2 Å². The van der Waals surface area contributed by atoms with Gasteiger partial charge in [-0.1, -0.05) is 17.7 Å². The number of ether oxygens (including phenoxy) is 1. The summed E-state index contributed by atoms with van der Waals surface area (Å²) < 4.78 is 20.6. The first-order chi connectivity index (χ1) is 15.9. The number of amides is 2. The molecule has 0 aliphatic heterocycles. The quantitative estimate of drug-likeness (QED) is 0.432. The zero-order valence-electron chi connectivity index (χ0n) is 18.6. The van der Waals surface area contributed by atoms with E-state index in [1.807, 2.05) is 31.2 Å². The minimum atomic E-state index is -0.615. The number of benzene rings is 1. The van der Waals surface area contributed by atoms with Gasteiger partial charge in [0, 0.05) is 32.4 Å². The smallest absolute Gasteiger partial charge is 0.244 e. The van der Waals surface area contributed by atoms with Gasteiger partial charge < -0.3 is 20.3 Å². The minimum absolute atomic E-state index is 0.0404. The molecule has 0 aliphatic carbocycles. The molecule has 2 amide bonds. The number of aromatic nitrogens is 3. The van der Waals surface area contributed by atoms with Crippen molar-refractivity contribution < 1.29 is 18.7 Å². The Kier molecular flexibility index (Phi) is 8.34. The summed E-state index contributed by atoms with van der Waals surface area (Å²) in [6.07, 6.45) is 4.54. The summed E-state index contributed by atoms with van der Waals surface area (Å²) in [5.41, 5.74) is 1.87. The van der Waals surface area contributed by atoms with E-state index in [1.165, 1.54) is 17.1 Å². The number of aryl methyl sites for hydroxylation is 1. The number of likely N-dealkylation sites (N-methyl/N-ethyl adjacent to an activating group) is 1. The van der Waals surface area contributed by atoms with Crippen LogP contribution in [0.5, 0.6) is 5.75 Å². The molecule has 1 aromatic carbocycles. The zero-order valence-corrected chi connectivity index (χ0v) is 18.6. The molecule has 0 spiro atoms. The molecule has 0 saturated heterocycles. The second-order valence-corrected chi connectivity index (χ2v) is 7.47. The first-order valence-corrected chi connectivity index (χ1v) is 10.5. The summed E-state index contributed by atoms with van der Waals surface area (Å²) in [7, 11) is 1.70. The molecule has 174 valence electrons. The Morgan fingerprint density at radius 1 is 1.21 bits per heavy atom. The molecule has 0 bridgehead atoms. The van der Waals surface area contributed by atoms with Crippen molar-refractivity contribution in [1.29, 1.82) is 0 Å². The predicted molar refractivity (Wildman–Crippen MR) is 122 cm³/mol. The highest BCUT2D eigenvalue weighted by molar-refractivity contribution is 5.90. The van der Waals surface area contributed by atoms with E-state index in [0.717, 1.165) is 11.3 Å². The van der Waals surface area contributed by atoms with E-state index in [1.54, 1.807) is 30.3 Å². The van der Waals surface area contributed by atoms with Crippen molar-refractivity contribution >= 4 is 23.2 Å².